The van der Waals surface area contributed by atoms with E-state index in [1.165, 1.54) is 12.1 Å². The van der Waals surface area contributed by atoms with Crippen LogP contribution in [-0.2, 0) is 0 Å². The van der Waals surface area contributed by atoms with Crippen LogP contribution in [0.25, 0.3) is 10.8 Å². The number of fused-ring (bicyclic) bond motifs is 6. The molecule has 34 heavy (non-hydrogen) atoms. The zero-order chi connectivity index (χ0) is 23.6. The van der Waals surface area contributed by atoms with Crippen molar-refractivity contribution >= 4 is 39.5 Å². The quantitative estimate of drug-likeness (QED) is 0.350. The van der Waals surface area contributed by atoms with Gasteiger partial charge in [-0.05, 0) is 30.7 Å². The molecular formula is C25H20ClN5O3. The molecule has 4 unspecified atom stereocenters. The molecule has 3 heterocycles. The minimum atomic E-state index is -0.566. The molecule has 1 N–H and O–H groups in total. The zero-order valence-electron chi connectivity index (χ0n) is 18.0. The number of carbonyl (C=O) groups is 1. The number of nitro groups is 1. The van der Waals surface area contributed by atoms with Gasteiger partial charge in [0.15, 0.2) is 5.78 Å². The Kier molecular flexibility index (Phi) is 4.81. The fraction of sp³-hybridized carbons (Fsp3) is 0.280. The van der Waals surface area contributed by atoms with Crippen LogP contribution in [0.5, 0.6) is 0 Å². The Morgan fingerprint density at radius 3 is 2.71 bits per heavy atom. The number of nitrogens with one attached hydrogen (secondary N) is 1. The Morgan fingerprint density at radius 2 is 1.94 bits per heavy atom. The van der Waals surface area contributed by atoms with Crippen LogP contribution in [0.2, 0.25) is 5.02 Å². The summed E-state index contributed by atoms with van der Waals surface area (Å²) in [4.78, 5) is 28.7. The van der Waals surface area contributed by atoms with Gasteiger partial charge in [0.1, 0.15) is 5.02 Å². The Balaban J connectivity index is 1.27. The molecule has 3 aromatic carbocycles. The van der Waals surface area contributed by atoms with Crippen molar-refractivity contribution < 1.29 is 9.72 Å². The minimum Gasteiger partial charge on any atom is -0.356 e. The van der Waals surface area contributed by atoms with Crippen molar-refractivity contribution in [1.29, 1.82) is 5.26 Å². The largest absolute Gasteiger partial charge is 0.356 e. The molecule has 170 valence electrons. The topological polar surface area (TPSA) is 103 Å². The lowest BCUT2D eigenvalue weighted by molar-refractivity contribution is -0.384. The standard InChI is InChI=1S/C25H20ClN5O3/c26-18-7-5-14(9-21(18)31(33)34)25(32)24-22-10-19(28-24)23-12-29(13-30(22)23)20-8-6-15(11-27)16-3-1-2-4-17(16)20/h1-9,19,22-24,28H,10,12-13H2. The van der Waals surface area contributed by atoms with Crippen LogP contribution >= 0.6 is 11.6 Å². The van der Waals surface area contributed by atoms with Crippen molar-refractivity contribution in [3.8, 4) is 6.07 Å². The molecular weight excluding hydrogens is 454 g/mol. The van der Waals surface area contributed by atoms with Gasteiger partial charge < -0.3 is 10.2 Å². The molecule has 9 heteroatoms. The number of hydrogen-bond acceptors (Lipinski definition) is 7. The van der Waals surface area contributed by atoms with E-state index in [4.69, 9.17) is 11.6 Å². The molecule has 3 aliphatic heterocycles. The number of benzene rings is 3. The van der Waals surface area contributed by atoms with Gasteiger partial charge in [0, 0.05) is 52.8 Å². The number of nitrogens with zero attached hydrogens (tertiary/aromatic N) is 4. The highest BCUT2D eigenvalue weighted by Gasteiger charge is 2.56. The zero-order valence-corrected chi connectivity index (χ0v) is 18.8. The van der Waals surface area contributed by atoms with Gasteiger partial charge in [-0.15, -0.1) is 0 Å². The highest BCUT2D eigenvalue weighted by Crippen LogP contribution is 2.41. The third kappa shape index (κ3) is 3.09. The summed E-state index contributed by atoms with van der Waals surface area (Å²) < 4.78 is 0. The van der Waals surface area contributed by atoms with Crippen LogP contribution in [-0.4, -0.2) is 53.0 Å². The van der Waals surface area contributed by atoms with Gasteiger partial charge in [-0.3, -0.25) is 19.8 Å². The van der Waals surface area contributed by atoms with Crippen LogP contribution in [0.15, 0.2) is 54.6 Å². The molecule has 0 aliphatic carbocycles. The number of hydrogen-bond donors (Lipinski definition) is 1. The smallest absolute Gasteiger partial charge is 0.288 e. The Morgan fingerprint density at radius 1 is 1.15 bits per heavy atom. The maximum absolute atomic E-state index is 13.3. The number of halogens is 1. The molecule has 3 saturated heterocycles. The van der Waals surface area contributed by atoms with E-state index in [0.29, 0.717) is 17.8 Å². The Bertz CT molecular complexity index is 1400. The lowest BCUT2D eigenvalue weighted by atomic mass is 9.98. The summed E-state index contributed by atoms with van der Waals surface area (Å²) in [6.07, 6.45) is 0.874. The van der Waals surface area contributed by atoms with E-state index < -0.39 is 11.0 Å². The number of ketones is 1. The number of rotatable bonds is 4. The molecule has 0 aromatic heterocycles. The third-order valence-electron chi connectivity index (χ3n) is 7.40. The fourth-order valence-electron chi connectivity index (χ4n) is 5.87. The normalized spacial score (nSPS) is 25.5. The molecule has 4 atom stereocenters. The average molecular weight is 474 g/mol. The lowest BCUT2D eigenvalue weighted by Gasteiger charge is -2.33. The summed E-state index contributed by atoms with van der Waals surface area (Å²) in [5, 5.41) is 26.2. The number of Topliss-reactive ketones (excluding diaryl/α,β-unsaturated/α-hetero) is 1. The van der Waals surface area contributed by atoms with Gasteiger partial charge in [0.2, 0.25) is 0 Å². The molecule has 3 aromatic rings. The first kappa shape index (κ1) is 21.1. The lowest BCUT2D eigenvalue weighted by Crippen LogP contribution is -2.57. The first-order valence-corrected chi connectivity index (χ1v) is 11.5. The van der Waals surface area contributed by atoms with Crippen molar-refractivity contribution in [3.63, 3.8) is 0 Å². The van der Waals surface area contributed by atoms with Crippen molar-refractivity contribution in [2.45, 2.75) is 30.6 Å². The molecule has 0 amide bonds. The van der Waals surface area contributed by atoms with Crippen LogP contribution in [0, 0.1) is 21.4 Å². The van der Waals surface area contributed by atoms with E-state index >= 15 is 0 Å². The predicted molar refractivity (Wildman–Crippen MR) is 128 cm³/mol. The van der Waals surface area contributed by atoms with Gasteiger partial charge in [-0.1, -0.05) is 35.9 Å². The maximum atomic E-state index is 13.3. The second-order valence-electron chi connectivity index (χ2n) is 9.08. The molecule has 0 radical (unpaired) electrons. The molecule has 6 rings (SSSR count). The molecule has 0 saturated carbocycles. The Labute approximate surface area is 200 Å². The van der Waals surface area contributed by atoms with Crippen molar-refractivity contribution in [2.75, 3.05) is 18.1 Å². The summed E-state index contributed by atoms with van der Waals surface area (Å²) in [5.41, 5.74) is 1.78. The van der Waals surface area contributed by atoms with Crippen LogP contribution in [0.4, 0.5) is 11.4 Å². The highest BCUT2D eigenvalue weighted by atomic mass is 35.5. The van der Waals surface area contributed by atoms with E-state index in [0.717, 1.165) is 29.4 Å². The SMILES string of the molecule is N#Cc1ccc(N2CC3C4CC(C(C(=O)c5ccc(Cl)c([N+](=O)[O-])c5)N4)N3C2)c2ccccc12. The second kappa shape index (κ2) is 7.77. The average Bonchev–Trinajstić information content (AvgIpc) is 3.55. The van der Waals surface area contributed by atoms with Gasteiger partial charge in [-0.25, -0.2) is 0 Å². The van der Waals surface area contributed by atoms with Crippen LogP contribution in [0.1, 0.15) is 22.3 Å². The number of nitriles is 1. The summed E-state index contributed by atoms with van der Waals surface area (Å²) >= 11 is 5.93. The van der Waals surface area contributed by atoms with Gasteiger partial charge in [0.25, 0.3) is 5.69 Å². The first-order chi connectivity index (χ1) is 16.5. The number of nitro benzene ring substituents is 1. The summed E-state index contributed by atoms with van der Waals surface area (Å²) in [7, 11) is 0. The summed E-state index contributed by atoms with van der Waals surface area (Å²) in [6.45, 7) is 1.52. The maximum Gasteiger partial charge on any atom is 0.288 e. The molecule has 3 aliphatic rings. The molecule has 2 bridgehead atoms. The van der Waals surface area contributed by atoms with Gasteiger partial charge >= 0.3 is 0 Å². The van der Waals surface area contributed by atoms with Crippen LogP contribution in [0.3, 0.4) is 0 Å². The van der Waals surface area contributed by atoms with E-state index in [2.05, 4.69) is 21.2 Å². The van der Waals surface area contributed by atoms with Gasteiger partial charge in [0.05, 0.1) is 29.3 Å². The first-order valence-electron chi connectivity index (χ1n) is 11.1. The van der Waals surface area contributed by atoms with Crippen molar-refractivity contribution in [1.82, 2.24) is 10.2 Å². The van der Waals surface area contributed by atoms with E-state index in [-0.39, 0.29) is 34.6 Å². The molecule has 0 spiro atoms. The number of anilines is 1. The number of carbonyl (C=O) groups excluding carboxylic acids is 1. The van der Waals surface area contributed by atoms with E-state index in [1.807, 2.05) is 36.4 Å². The van der Waals surface area contributed by atoms with E-state index in [1.54, 1.807) is 6.07 Å². The highest BCUT2D eigenvalue weighted by molar-refractivity contribution is 6.32. The second-order valence-corrected chi connectivity index (χ2v) is 9.48. The minimum absolute atomic E-state index is 0.0203. The van der Waals surface area contributed by atoms with E-state index in [9.17, 15) is 20.2 Å². The molecule has 8 nitrogen and oxygen atoms in total. The number of piperazine rings is 1. The third-order valence-corrected chi connectivity index (χ3v) is 7.72. The molecule has 3 fully saturated rings. The predicted octanol–water partition coefficient (Wildman–Crippen LogP) is 3.72. The Hall–Kier alpha value is -3.51. The fourth-order valence-corrected chi connectivity index (χ4v) is 6.05. The summed E-state index contributed by atoms with van der Waals surface area (Å²) in [6, 6.07) is 18.4. The monoisotopic (exact) mass is 473 g/mol. The summed E-state index contributed by atoms with van der Waals surface area (Å²) in [5.74, 6) is -0.145. The van der Waals surface area contributed by atoms with Crippen molar-refractivity contribution in [2.24, 2.45) is 0 Å². The van der Waals surface area contributed by atoms with Crippen molar-refractivity contribution in [3.05, 3.63) is 80.9 Å². The van der Waals surface area contributed by atoms with Gasteiger partial charge in [-0.2, -0.15) is 5.26 Å². The van der Waals surface area contributed by atoms with Crippen LogP contribution < -0.4 is 10.2 Å².